The maximum Gasteiger partial charge on any atom is 0.239 e. The second-order valence-electron chi connectivity index (χ2n) is 5.54. The molecule has 3 aromatic rings. The normalized spacial score (nSPS) is 11.4. The summed E-state index contributed by atoms with van der Waals surface area (Å²) in [4.78, 5) is 7.12. The molecule has 1 aromatic heterocycles. The summed E-state index contributed by atoms with van der Waals surface area (Å²) in [6.07, 6.45) is 2.61. The zero-order valence-electron chi connectivity index (χ0n) is 13.4. The van der Waals surface area contributed by atoms with Crippen LogP contribution in [0.3, 0.4) is 0 Å². The number of H-pyrrole nitrogens is 1. The third kappa shape index (κ3) is 4.02. The first kappa shape index (κ1) is 16.3. The van der Waals surface area contributed by atoms with Gasteiger partial charge in [-0.2, -0.15) is 0 Å². The molecule has 0 radical (unpaired) electrons. The molecule has 2 N–H and O–H groups in total. The number of rotatable bonds is 6. The second-order valence-corrected chi connectivity index (χ2v) is 7.26. The van der Waals surface area contributed by atoms with Crippen LogP contribution in [-0.4, -0.2) is 18.4 Å². The topological polar surface area (TPSA) is 74.8 Å². The van der Waals surface area contributed by atoms with E-state index in [1.807, 2.05) is 30.3 Å². The molecule has 0 atom stereocenters. The number of nitrogens with one attached hydrogen (secondary N) is 2. The van der Waals surface area contributed by atoms with Crippen LogP contribution in [0.25, 0.3) is 11.3 Å². The minimum atomic E-state index is -3.51. The molecule has 0 saturated carbocycles. The van der Waals surface area contributed by atoms with Crippen LogP contribution in [0.15, 0.2) is 60.8 Å². The van der Waals surface area contributed by atoms with Crippen molar-refractivity contribution in [1.29, 1.82) is 0 Å². The lowest BCUT2D eigenvalue weighted by molar-refractivity contribution is 0.600. The van der Waals surface area contributed by atoms with Gasteiger partial charge in [-0.1, -0.05) is 61.5 Å². The molecule has 0 aliphatic heterocycles. The van der Waals surface area contributed by atoms with E-state index in [1.54, 1.807) is 18.3 Å². The van der Waals surface area contributed by atoms with Gasteiger partial charge in [0, 0.05) is 0 Å². The number of anilines is 1. The Morgan fingerprint density at radius 3 is 2.38 bits per heavy atom. The lowest BCUT2D eigenvalue weighted by Gasteiger charge is -2.05. The van der Waals surface area contributed by atoms with E-state index in [-0.39, 0.29) is 11.7 Å². The van der Waals surface area contributed by atoms with Crippen molar-refractivity contribution in [3.63, 3.8) is 0 Å². The molecule has 24 heavy (non-hydrogen) atoms. The summed E-state index contributed by atoms with van der Waals surface area (Å²) in [6.45, 7) is 2.10. The van der Waals surface area contributed by atoms with Gasteiger partial charge in [-0.15, -0.1) is 0 Å². The maximum atomic E-state index is 12.2. The average Bonchev–Trinajstić information content (AvgIpc) is 3.03. The van der Waals surface area contributed by atoms with Crippen LogP contribution in [0.1, 0.15) is 18.1 Å². The fraction of sp³-hybridized carbons (Fsp3) is 0.167. The number of aromatic amines is 1. The molecule has 0 fully saturated rings. The third-order valence-corrected chi connectivity index (χ3v) is 4.92. The molecule has 0 unspecified atom stereocenters. The van der Waals surface area contributed by atoms with E-state index in [0.29, 0.717) is 0 Å². The first-order valence-electron chi connectivity index (χ1n) is 7.74. The van der Waals surface area contributed by atoms with Gasteiger partial charge in [-0.25, -0.2) is 13.4 Å². The first-order chi connectivity index (χ1) is 11.6. The Morgan fingerprint density at radius 1 is 1.00 bits per heavy atom. The molecule has 0 amide bonds. The predicted molar refractivity (Wildman–Crippen MR) is 96.1 cm³/mol. The predicted octanol–water partition coefficient (Wildman–Crippen LogP) is 3.58. The maximum absolute atomic E-state index is 12.2. The van der Waals surface area contributed by atoms with E-state index in [0.717, 1.165) is 23.2 Å². The minimum absolute atomic E-state index is 0.0882. The van der Waals surface area contributed by atoms with Gasteiger partial charge in [-0.05, 0) is 23.1 Å². The Kier molecular flexibility index (Phi) is 4.66. The van der Waals surface area contributed by atoms with E-state index in [1.165, 1.54) is 5.56 Å². The van der Waals surface area contributed by atoms with Crippen molar-refractivity contribution < 1.29 is 8.42 Å². The summed E-state index contributed by atoms with van der Waals surface area (Å²) in [5.41, 5.74) is 3.72. The van der Waals surface area contributed by atoms with Gasteiger partial charge in [0.1, 0.15) is 0 Å². The largest absolute Gasteiger partial charge is 0.323 e. The summed E-state index contributed by atoms with van der Waals surface area (Å²) < 4.78 is 26.9. The summed E-state index contributed by atoms with van der Waals surface area (Å²) in [5.74, 6) is 0.134. The fourth-order valence-corrected chi connectivity index (χ4v) is 3.52. The monoisotopic (exact) mass is 341 g/mol. The molecule has 2 aromatic carbocycles. The SMILES string of the molecule is CCc1ccc(-c2cnc(NS(=O)(=O)Cc3ccccc3)[nH]2)cc1. The molecule has 0 bridgehead atoms. The molecule has 0 saturated heterocycles. The van der Waals surface area contributed by atoms with Gasteiger partial charge >= 0.3 is 0 Å². The highest BCUT2D eigenvalue weighted by molar-refractivity contribution is 7.91. The van der Waals surface area contributed by atoms with Gasteiger partial charge in [-0.3, -0.25) is 4.72 Å². The third-order valence-electron chi connectivity index (χ3n) is 3.70. The minimum Gasteiger partial charge on any atom is -0.323 e. The zero-order chi connectivity index (χ0) is 17.0. The van der Waals surface area contributed by atoms with Crippen molar-refractivity contribution in [3.8, 4) is 11.3 Å². The highest BCUT2D eigenvalue weighted by Crippen LogP contribution is 2.20. The van der Waals surface area contributed by atoms with Crippen LogP contribution in [0, 0.1) is 0 Å². The number of aromatic nitrogens is 2. The van der Waals surface area contributed by atoms with Crippen molar-refractivity contribution in [2.24, 2.45) is 0 Å². The molecule has 1 heterocycles. The summed E-state index contributed by atoms with van der Waals surface area (Å²) in [5, 5.41) is 0. The van der Waals surface area contributed by atoms with E-state index >= 15 is 0 Å². The van der Waals surface area contributed by atoms with E-state index in [9.17, 15) is 8.42 Å². The Labute approximate surface area is 141 Å². The summed E-state index contributed by atoms with van der Waals surface area (Å²) >= 11 is 0. The van der Waals surface area contributed by atoms with Crippen molar-refractivity contribution in [2.45, 2.75) is 19.1 Å². The Bertz CT molecular complexity index is 901. The number of hydrogen-bond acceptors (Lipinski definition) is 3. The van der Waals surface area contributed by atoms with Crippen molar-refractivity contribution in [1.82, 2.24) is 9.97 Å². The Morgan fingerprint density at radius 2 is 1.71 bits per heavy atom. The molecule has 124 valence electrons. The molecule has 0 aliphatic carbocycles. The zero-order valence-corrected chi connectivity index (χ0v) is 14.2. The van der Waals surface area contributed by atoms with Gasteiger partial charge in [0.2, 0.25) is 16.0 Å². The second kappa shape index (κ2) is 6.88. The molecule has 5 nitrogen and oxygen atoms in total. The number of benzene rings is 2. The molecule has 3 rings (SSSR count). The highest BCUT2D eigenvalue weighted by Gasteiger charge is 2.14. The van der Waals surface area contributed by atoms with Crippen LogP contribution in [0.2, 0.25) is 0 Å². The number of sulfonamides is 1. The van der Waals surface area contributed by atoms with Gasteiger partial charge in [0.05, 0.1) is 17.6 Å². The lowest BCUT2D eigenvalue weighted by Crippen LogP contribution is -2.15. The van der Waals surface area contributed by atoms with Crippen LogP contribution < -0.4 is 4.72 Å². The molecule has 0 aliphatic rings. The number of aryl methyl sites for hydroxylation is 1. The van der Waals surface area contributed by atoms with Gasteiger partial charge in [0.15, 0.2) is 0 Å². The molecular formula is C18H19N3O2S. The van der Waals surface area contributed by atoms with E-state index in [4.69, 9.17) is 0 Å². The summed E-state index contributed by atoms with van der Waals surface area (Å²) in [6, 6.07) is 17.1. The first-order valence-corrected chi connectivity index (χ1v) is 9.40. The molecule has 6 heteroatoms. The summed E-state index contributed by atoms with van der Waals surface area (Å²) in [7, 11) is -3.51. The number of imidazole rings is 1. The van der Waals surface area contributed by atoms with Gasteiger partial charge < -0.3 is 4.98 Å². The molecular weight excluding hydrogens is 322 g/mol. The van der Waals surface area contributed by atoms with Crippen molar-refractivity contribution >= 4 is 16.0 Å². The standard InChI is InChI=1S/C18H19N3O2S/c1-2-14-8-10-16(11-9-14)17-12-19-18(20-17)21-24(22,23)13-15-6-4-3-5-7-15/h3-12H,2,13H2,1H3,(H2,19,20,21). The highest BCUT2D eigenvalue weighted by atomic mass is 32.2. The quantitative estimate of drug-likeness (QED) is 0.719. The van der Waals surface area contributed by atoms with Crippen LogP contribution in [0.4, 0.5) is 5.95 Å². The average molecular weight is 341 g/mol. The van der Waals surface area contributed by atoms with Gasteiger partial charge in [0.25, 0.3) is 0 Å². The van der Waals surface area contributed by atoms with Crippen molar-refractivity contribution in [3.05, 3.63) is 71.9 Å². The van der Waals surface area contributed by atoms with E-state index < -0.39 is 10.0 Å². The Balaban J connectivity index is 1.73. The Hall–Kier alpha value is -2.60. The van der Waals surface area contributed by atoms with Crippen LogP contribution >= 0.6 is 0 Å². The van der Waals surface area contributed by atoms with E-state index in [2.05, 4.69) is 33.7 Å². The number of hydrogen-bond donors (Lipinski definition) is 2. The van der Waals surface area contributed by atoms with Crippen LogP contribution in [0.5, 0.6) is 0 Å². The lowest BCUT2D eigenvalue weighted by atomic mass is 10.1. The fourth-order valence-electron chi connectivity index (χ4n) is 2.42. The van der Waals surface area contributed by atoms with Crippen molar-refractivity contribution in [2.75, 3.05) is 4.72 Å². The van der Waals surface area contributed by atoms with Crippen LogP contribution in [-0.2, 0) is 22.2 Å². The number of nitrogens with zero attached hydrogens (tertiary/aromatic N) is 1. The smallest absolute Gasteiger partial charge is 0.239 e. The molecule has 0 spiro atoms.